The predicted octanol–water partition coefficient (Wildman–Crippen LogP) is 4.37. The molecule has 0 aromatic heterocycles. The minimum atomic E-state index is -0.539. The van der Waals surface area contributed by atoms with Gasteiger partial charge in [0.15, 0.2) is 11.5 Å². The molecule has 4 rings (SSSR count). The Hall–Kier alpha value is -3.32. The van der Waals surface area contributed by atoms with Crippen molar-refractivity contribution in [3.8, 4) is 11.5 Å². The van der Waals surface area contributed by atoms with Gasteiger partial charge in [0, 0.05) is 0 Å². The predicted molar refractivity (Wildman–Crippen MR) is 114 cm³/mol. The van der Waals surface area contributed by atoms with Crippen LogP contribution in [-0.2, 0) is 11.4 Å². The number of hydrogen-bond donors (Lipinski definition) is 2. The van der Waals surface area contributed by atoms with Crippen molar-refractivity contribution in [2.45, 2.75) is 6.61 Å². The van der Waals surface area contributed by atoms with Gasteiger partial charge in [0.1, 0.15) is 12.3 Å². The first-order valence-electron chi connectivity index (χ1n) is 8.85. The molecule has 0 bridgehead atoms. The van der Waals surface area contributed by atoms with E-state index in [1.54, 1.807) is 25.3 Å². The largest absolute Gasteiger partial charge is 0.493 e. The SMILES string of the molecule is COc1cc(C=C2NC(=O)NC2=O)cc(Br)c1OCc1ccc2ccccc2c1. The number of ether oxygens (including phenoxy) is 2. The van der Waals surface area contributed by atoms with Crippen molar-refractivity contribution in [2.24, 2.45) is 0 Å². The first kappa shape index (κ1) is 19.0. The topological polar surface area (TPSA) is 76.7 Å². The third-order valence-electron chi connectivity index (χ3n) is 4.48. The maximum atomic E-state index is 11.7. The molecule has 0 spiro atoms. The van der Waals surface area contributed by atoms with Crippen molar-refractivity contribution < 1.29 is 19.1 Å². The number of amides is 3. The minimum absolute atomic E-state index is 0.175. The van der Waals surface area contributed by atoms with Crippen LogP contribution >= 0.6 is 15.9 Å². The maximum absolute atomic E-state index is 11.7. The molecule has 1 aliphatic rings. The molecule has 0 radical (unpaired) electrons. The number of urea groups is 1. The van der Waals surface area contributed by atoms with Crippen LogP contribution in [-0.4, -0.2) is 19.0 Å². The number of nitrogens with one attached hydrogen (secondary N) is 2. The van der Waals surface area contributed by atoms with E-state index in [0.29, 0.717) is 28.1 Å². The van der Waals surface area contributed by atoms with Crippen LogP contribution in [0.15, 0.2) is 64.8 Å². The van der Waals surface area contributed by atoms with Gasteiger partial charge in [-0.05, 0) is 62.1 Å². The van der Waals surface area contributed by atoms with Gasteiger partial charge in [-0.15, -0.1) is 0 Å². The lowest BCUT2D eigenvalue weighted by Crippen LogP contribution is -2.22. The number of carbonyl (C=O) groups excluding carboxylic acids is 2. The average molecular weight is 453 g/mol. The Labute approximate surface area is 175 Å². The summed E-state index contributed by atoms with van der Waals surface area (Å²) in [5.74, 6) is 0.598. The molecule has 146 valence electrons. The second-order valence-corrected chi connectivity index (χ2v) is 7.32. The summed E-state index contributed by atoms with van der Waals surface area (Å²) in [5, 5.41) is 6.95. The standard InChI is InChI=1S/C22H17BrN2O4/c1-28-19-11-14(10-18-21(26)25-22(27)24-18)9-17(23)20(19)29-12-13-6-7-15-4-2-3-5-16(15)8-13/h2-11H,12H2,1H3,(H2,24,25,26,27). The summed E-state index contributed by atoms with van der Waals surface area (Å²) < 4.78 is 12.2. The summed E-state index contributed by atoms with van der Waals surface area (Å²) in [7, 11) is 1.55. The minimum Gasteiger partial charge on any atom is -0.493 e. The number of methoxy groups -OCH3 is 1. The van der Waals surface area contributed by atoms with E-state index in [4.69, 9.17) is 9.47 Å². The van der Waals surface area contributed by atoms with E-state index in [2.05, 4.69) is 50.8 Å². The number of benzene rings is 3. The van der Waals surface area contributed by atoms with Crippen LogP contribution in [0.3, 0.4) is 0 Å². The molecule has 2 N–H and O–H groups in total. The lowest BCUT2D eigenvalue weighted by molar-refractivity contribution is -0.115. The third kappa shape index (κ3) is 4.09. The average Bonchev–Trinajstić information content (AvgIpc) is 3.03. The van der Waals surface area contributed by atoms with Gasteiger partial charge < -0.3 is 14.8 Å². The zero-order valence-corrected chi connectivity index (χ0v) is 17.1. The Morgan fingerprint density at radius 3 is 2.52 bits per heavy atom. The van der Waals surface area contributed by atoms with Crippen LogP contribution in [0.25, 0.3) is 16.8 Å². The molecule has 1 saturated heterocycles. The molecule has 1 fully saturated rings. The molecular formula is C22H17BrN2O4. The number of carbonyl (C=O) groups is 2. The lowest BCUT2D eigenvalue weighted by Gasteiger charge is -2.14. The highest BCUT2D eigenvalue weighted by atomic mass is 79.9. The Kier molecular flexibility index (Phi) is 5.22. The van der Waals surface area contributed by atoms with E-state index < -0.39 is 11.9 Å². The van der Waals surface area contributed by atoms with Gasteiger partial charge >= 0.3 is 6.03 Å². The second-order valence-electron chi connectivity index (χ2n) is 6.47. The van der Waals surface area contributed by atoms with Crippen LogP contribution < -0.4 is 20.1 Å². The van der Waals surface area contributed by atoms with Crippen molar-refractivity contribution in [1.29, 1.82) is 0 Å². The number of hydrogen-bond acceptors (Lipinski definition) is 4. The molecule has 7 heteroatoms. The maximum Gasteiger partial charge on any atom is 0.326 e. The summed E-state index contributed by atoms with van der Waals surface area (Å²) >= 11 is 3.51. The third-order valence-corrected chi connectivity index (χ3v) is 5.07. The molecule has 0 aliphatic carbocycles. The zero-order chi connectivity index (χ0) is 20.4. The Balaban J connectivity index is 1.57. The van der Waals surface area contributed by atoms with Crippen LogP contribution in [0.2, 0.25) is 0 Å². The molecule has 0 saturated carbocycles. The van der Waals surface area contributed by atoms with Crippen LogP contribution in [0.5, 0.6) is 11.5 Å². The van der Waals surface area contributed by atoms with Gasteiger partial charge in [-0.25, -0.2) is 4.79 Å². The van der Waals surface area contributed by atoms with Crippen molar-refractivity contribution >= 4 is 44.7 Å². The molecule has 3 aromatic rings. The second kappa shape index (κ2) is 7.97. The normalized spacial score (nSPS) is 14.8. The summed E-state index contributed by atoms with van der Waals surface area (Å²) in [6, 6.07) is 17.3. The lowest BCUT2D eigenvalue weighted by atomic mass is 10.1. The molecule has 3 amide bonds. The molecular weight excluding hydrogens is 436 g/mol. The van der Waals surface area contributed by atoms with Crippen LogP contribution in [0.1, 0.15) is 11.1 Å². The summed E-state index contributed by atoms with van der Waals surface area (Å²) in [5.41, 5.74) is 1.89. The van der Waals surface area contributed by atoms with Crippen LogP contribution in [0, 0.1) is 0 Å². The highest BCUT2D eigenvalue weighted by Gasteiger charge is 2.23. The summed E-state index contributed by atoms with van der Waals surface area (Å²) in [6.45, 7) is 0.374. The number of rotatable bonds is 5. The Morgan fingerprint density at radius 1 is 1.00 bits per heavy atom. The van der Waals surface area contributed by atoms with Crippen molar-refractivity contribution in [3.05, 3.63) is 75.9 Å². The van der Waals surface area contributed by atoms with E-state index in [1.165, 1.54) is 5.39 Å². The molecule has 29 heavy (non-hydrogen) atoms. The van der Waals surface area contributed by atoms with Crippen molar-refractivity contribution in [1.82, 2.24) is 10.6 Å². The van der Waals surface area contributed by atoms with Gasteiger partial charge in [0.25, 0.3) is 5.91 Å². The van der Waals surface area contributed by atoms with Crippen LogP contribution in [0.4, 0.5) is 4.79 Å². The van der Waals surface area contributed by atoms with E-state index >= 15 is 0 Å². The molecule has 0 unspecified atom stereocenters. The van der Waals surface area contributed by atoms with E-state index in [0.717, 1.165) is 10.9 Å². The monoisotopic (exact) mass is 452 g/mol. The first-order chi connectivity index (χ1) is 14.0. The van der Waals surface area contributed by atoms with Gasteiger partial charge in [0.05, 0.1) is 11.6 Å². The van der Waals surface area contributed by atoms with E-state index in [-0.39, 0.29) is 5.70 Å². The number of imide groups is 1. The summed E-state index contributed by atoms with van der Waals surface area (Å²) in [4.78, 5) is 23.0. The van der Waals surface area contributed by atoms with Gasteiger partial charge in [0.2, 0.25) is 0 Å². The fraction of sp³-hybridized carbons (Fsp3) is 0.0909. The Bertz CT molecular complexity index is 1160. The molecule has 3 aromatic carbocycles. The van der Waals surface area contributed by atoms with E-state index in [9.17, 15) is 9.59 Å². The quantitative estimate of drug-likeness (QED) is 0.445. The molecule has 6 nitrogen and oxygen atoms in total. The highest BCUT2D eigenvalue weighted by Crippen LogP contribution is 2.38. The van der Waals surface area contributed by atoms with Gasteiger partial charge in [-0.2, -0.15) is 0 Å². The molecule has 1 aliphatic heterocycles. The molecule has 0 atom stereocenters. The van der Waals surface area contributed by atoms with Gasteiger partial charge in [-0.3, -0.25) is 10.1 Å². The number of fused-ring (bicyclic) bond motifs is 1. The van der Waals surface area contributed by atoms with E-state index in [1.807, 2.05) is 18.2 Å². The fourth-order valence-corrected chi connectivity index (χ4v) is 3.67. The van der Waals surface area contributed by atoms with Crippen molar-refractivity contribution in [2.75, 3.05) is 7.11 Å². The number of halogens is 1. The zero-order valence-electron chi connectivity index (χ0n) is 15.5. The first-order valence-corrected chi connectivity index (χ1v) is 9.65. The Morgan fingerprint density at radius 2 is 1.79 bits per heavy atom. The molecule has 1 heterocycles. The van der Waals surface area contributed by atoms with Crippen molar-refractivity contribution in [3.63, 3.8) is 0 Å². The summed E-state index contributed by atoms with van der Waals surface area (Å²) in [6.07, 6.45) is 1.57. The highest BCUT2D eigenvalue weighted by molar-refractivity contribution is 9.10. The fourth-order valence-electron chi connectivity index (χ4n) is 3.10. The van der Waals surface area contributed by atoms with Gasteiger partial charge in [-0.1, -0.05) is 36.4 Å². The smallest absolute Gasteiger partial charge is 0.326 e.